The molecule has 0 aromatic heterocycles. The number of carbonyl (C=O) groups is 1. The van der Waals surface area contributed by atoms with Gasteiger partial charge in [0.05, 0.1) is 16.1 Å². The first kappa shape index (κ1) is 15.0. The minimum absolute atomic E-state index is 0.0951. The number of halogens is 2. The van der Waals surface area contributed by atoms with Gasteiger partial charge in [0.25, 0.3) is 0 Å². The maximum absolute atomic E-state index is 12.3. The SMILES string of the molecule is N#CCN(C(=O)Nc1ccc(Cl)c(Cl)c1)C1CCCC1. The highest BCUT2D eigenvalue weighted by Gasteiger charge is 2.26. The van der Waals surface area contributed by atoms with Crippen molar-refractivity contribution >= 4 is 34.9 Å². The number of urea groups is 1. The molecule has 106 valence electrons. The highest BCUT2D eigenvalue weighted by molar-refractivity contribution is 6.42. The van der Waals surface area contributed by atoms with Gasteiger partial charge in [0.2, 0.25) is 0 Å². The molecule has 0 heterocycles. The van der Waals surface area contributed by atoms with Crippen LogP contribution in [0.2, 0.25) is 10.0 Å². The fourth-order valence-corrected chi connectivity index (χ4v) is 2.73. The zero-order chi connectivity index (χ0) is 14.5. The summed E-state index contributed by atoms with van der Waals surface area (Å²) in [6.07, 6.45) is 4.12. The highest BCUT2D eigenvalue weighted by atomic mass is 35.5. The van der Waals surface area contributed by atoms with Crippen LogP contribution in [0, 0.1) is 11.3 Å². The van der Waals surface area contributed by atoms with Crippen LogP contribution in [0.15, 0.2) is 18.2 Å². The zero-order valence-corrected chi connectivity index (χ0v) is 12.4. The van der Waals surface area contributed by atoms with Gasteiger partial charge in [0.1, 0.15) is 6.54 Å². The largest absolute Gasteiger partial charge is 0.322 e. The Balaban J connectivity index is 2.07. The van der Waals surface area contributed by atoms with Crippen molar-refractivity contribution in [3.05, 3.63) is 28.2 Å². The average Bonchev–Trinajstić information content (AvgIpc) is 2.94. The molecule has 6 heteroatoms. The van der Waals surface area contributed by atoms with Gasteiger partial charge in [0, 0.05) is 11.7 Å². The molecule has 4 nitrogen and oxygen atoms in total. The van der Waals surface area contributed by atoms with E-state index in [4.69, 9.17) is 28.5 Å². The number of hydrogen-bond donors (Lipinski definition) is 1. The molecule has 1 aromatic carbocycles. The lowest BCUT2D eigenvalue weighted by atomic mass is 10.2. The summed E-state index contributed by atoms with van der Waals surface area (Å²) in [5.41, 5.74) is 0.574. The summed E-state index contributed by atoms with van der Waals surface area (Å²) < 4.78 is 0. The van der Waals surface area contributed by atoms with Gasteiger partial charge in [-0.15, -0.1) is 0 Å². The van der Waals surface area contributed by atoms with Gasteiger partial charge in [0.15, 0.2) is 0 Å². The van der Waals surface area contributed by atoms with Gasteiger partial charge in [-0.3, -0.25) is 0 Å². The van der Waals surface area contributed by atoms with Crippen molar-refractivity contribution < 1.29 is 4.79 Å². The molecular formula is C14H15Cl2N3O. The molecule has 0 unspecified atom stereocenters. The van der Waals surface area contributed by atoms with Gasteiger partial charge in [-0.05, 0) is 31.0 Å². The predicted molar refractivity (Wildman–Crippen MR) is 80.1 cm³/mol. The van der Waals surface area contributed by atoms with Crippen molar-refractivity contribution in [1.82, 2.24) is 4.90 Å². The number of hydrogen-bond acceptors (Lipinski definition) is 2. The molecular weight excluding hydrogens is 297 g/mol. The summed E-state index contributed by atoms with van der Waals surface area (Å²) in [7, 11) is 0. The van der Waals surface area contributed by atoms with Crippen LogP contribution in [0.1, 0.15) is 25.7 Å². The van der Waals surface area contributed by atoms with E-state index in [1.807, 2.05) is 6.07 Å². The van der Waals surface area contributed by atoms with Crippen LogP contribution in [-0.2, 0) is 0 Å². The number of nitrogens with one attached hydrogen (secondary N) is 1. The quantitative estimate of drug-likeness (QED) is 0.846. The number of amides is 2. The minimum atomic E-state index is -0.267. The third kappa shape index (κ3) is 3.56. The second-order valence-corrected chi connectivity index (χ2v) is 5.60. The Morgan fingerprint density at radius 2 is 2.05 bits per heavy atom. The third-order valence-corrected chi connectivity index (χ3v) is 4.18. The maximum atomic E-state index is 12.3. The summed E-state index contributed by atoms with van der Waals surface area (Å²) in [5, 5.41) is 12.5. The standard InChI is InChI=1S/C14H15Cl2N3O/c15-12-6-5-10(9-13(12)16)18-14(20)19(8-7-17)11-3-1-2-4-11/h5-6,9,11H,1-4,8H2,(H,18,20). The van der Waals surface area contributed by atoms with Gasteiger partial charge in [-0.1, -0.05) is 36.0 Å². The van der Waals surface area contributed by atoms with Crippen molar-refractivity contribution in [2.75, 3.05) is 11.9 Å². The van der Waals surface area contributed by atoms with E-state index in [-0.39, 0.29) is 18.6 Å². The molecule has 0 aliphatic heterocycles. The van der Waals surface area contributed by atoms with E-state index in [0.29, 0.717) is 15.7 Å². The van der Waals surface area contributed by atoms with Crippen molar-refractivity contribution in [3.63, 3.8) is 0 Å². The van der Waals surface area contributed by atoms with Gasteiger partial charge in [-0.2, -0.15) is 5.26 Å². The normalized spacial score (nSPS) is 14.8. The number of nitrogens with zero attached hydrogens (tertiary/aromatic N) is 2. The van der Waals surface area contributed by atoms with Crippen LogP contribution < -0.4 is 5.32 Å². The summed E-state index contributed by atoms with van der Waals surface area (Å²) in [6, 6.07) is 6.85. The molecule has 1 saturated carbocycles. The molecule has 0 atom stereocenters. The Labute approximate surface area is 128 Å². The fraction of sp³-hybridized carbons (Fsp3) is 0.429. The Bertz CT molecular complexity index is 536. The molecule has 0 radical (unpaired) electrons. The van der Waals surface area contributed by atoms with Crippen molar-refractivity contribution in [2.45, 2.75) is 31.7 Å². The van der Waals surface area contributed by atoms with Crippen molar-refractivity contribution in [3.8, 4) is 6.07 Å². The lowest BCUT2D eigenvalue weighted by Crippen LogP contribution is -2.41. The Kier molecular flexibility index (Phi) is 5.11. The molecule has 1 aromatic rings. The second kappa shape index (κ2) is 6.83. The topological polar surface area (TPSA) is 56.1 Å². The van der Waals surface area contributed by atoms with E-state index in [0.717, 1.165) is 25.7 Å². The van der Waals surface area contributed by atoms with Gasteiger partial charge < -0.3 is 10.2 Å². The first-order valence-corrected chi connectivity index (χ1v) is 7.27. The molecule has 1 N–H and O–H groups in total. The van der Waals surface area contributed by atoms with Gasteiger partial charge in [-0.25, -0.2) is 4.79 Å². The van der Waals surface area contributed by atoms with Gasteiger partial charge >= 0.3 is 6.03 Å². The van der Waals surface area contributed by atoms with E-state index >= 15 is 0 Å². The third-order valence-electron chi connectivity index (χ3n) is 3.44. The second-order valence-electron chi connectivity index (χ2n) is 4.78. The lowest BCUT2D eigenvalue weighted by molar-refractivity contribution is 0.197. The van der Waals surface area contributed by atoms with E-state index in [9.17, 15) is 4.79 Å². The first-order valence-electron chi connectivity index (χ1n) is 6.51. The Morgan fingerprint density at radius 3 is 2.65 bits per heavy atom. The van der Waals surface area contributed by atoms with Crippen LogP contribution in [0.4, 0.5) is 10.5 Å². The lowest BCUT2D eigenvalue weighted by Gasteiger charge is -2.26. The van der Waals surface area contributed by atoms with Crippen molar-refractivity contribution in [1.29, 1.82) is 5.26 Å². The molecule has 0 saturated heterocycles. The first-order chi connectivity index (χ1) is 9.61. The highest BCUT2D eigenvalue weighted by Crippen LogP contribution is 2.27. The number of carbonyl (C=O) groups excluding carboxylic acids is 1. The summed E-state index contributed by atoms with van der Waals surface area (Å²) in [6.45, 7) is 0.0951. The van der Waals surface area contributed by atoms with E-state index in [1.165, 1.54) is 0 Å². The molecule has 2 amide bonds. The van der Waals surface area contributed by atoms with Crippen molar-refractivity contribution in [2.24, 2.45) is 0 Å². The Hall–Kier alpha value is -1.44. The Morgan fingerprint density at radius 1 is 1.35 bits per heavy atom. The van der Waals surface area contributed by atoms with Crippen LogP contribution >= 0.6 is 23.2 Å². The molecule has 1 aliphatic rings. The summed E-state index contributed by atoms with van der Waals surface area (Å²) in [5.74, 6) is 0. The maximum Gasteiger partial charge on any atom is 0.322 e. The number of rotatable bonds is 3. The minimum Gasteiger partial charge on any atom is -0.308 e. The van der Waals surface area contributed by atoms with E-state index in [1.54, 1.807) is 23.1 Å². The van der Waals surface area contributed by atoms with Crippen LogP contribution in [0.5, 0.6) is 0 Å². The summed E-state index contributed by atoms with van der Waals surface area (Å²) >= 11 is 11.8. The van der Waals surface area contributed by atoms with Crippen LogP contribution in [0.25, 0.3) is 0 Å². The number of nitriles is 1. The fourth-order valence-electron chi connectivity index (χ4n) is 2.43. The van der Waals surface area contributed by atoms with Crippen LogP contribution in [-0.4, -0.2) is 23.5 Å². The summed E-state index contributed by atoms with van der Waals surface area (Å²) in [4.78, 5) is 13.9. The molecule has 1 aliphatic carbocycles. The zero-order valence-electron chi connectivity index (χ0n) is 10.9. The number of benzene rings is 1. The monoisotopic (exact) mass is 311 g/mol. The predicted octanol–water partition coefficient (Wildman–Crippen LogP) is 4.29. The smallest absolute Gasteiger partial charge is 0.308 e. The number of anilines is 1. The molecule has 0 bridgehead atoms. The van der Waals surface area contributed by atoms with E-state index < -0.39 is 0 Å². The average molecular weight is 312 g/mol. The van der Waals surface area contributed by atoms with Crippen LogP contribution in [0.3, 0.4) is 0 Å². The molecule has 20 heavy (non-hydrogen) atoms. The molecule has 0 spiro atoms. The molecule has 1 fully saturated rings. The van der Waals surface area contributed by atoms with E-state index in [2.05, 4.69) is 5.32 Å². The molecule has 2 rings (SSSR count).